The van der Waals surface area contributed by atoms with E-state index < -0.39 is 12.0 Å². The van der Waals surface area contributed by atoms with Gasteiger partial charge in [0.05, 0.1) is 11.1 Å². The normalized spacial score (nSPS) is 12.1. The third kappa shape index (κ3) is 3.61. The van der Waals surface area contributed by atoms with Gasteiger partial charge in [0.1, 0.15) is 6.04 Å². The molecule has 0 aliphatic carbocycles. The number of carbonyl (C=O) groups excluding carboxylic acids is 1. The molecule has 1 aromatic carbocycles. The molecule has 1 unspecified atom stereocenters. The molecular weight excluding hydrogens is 280 g/mol. The summed E-state index contributed by atoms with van der Waals surface area (Å²) in [4.78, 5) is 28.1. The molecule has 1 heterocycles. The Labute approximate surface area is 129 Å². The van der Waals surface area contributed by atoms with Gasteiger partial charge < -0.3 is 10.4 Å². The number of benzene rings is 1. The molecule has 1 aromatic heterocycles. The summed E-state index contributed by atoms with van der Waals surface area (Å²) in [6.07, 6.45) is 2.07. The van der Waals surface area contributed by atoms with Gasteiger partial charge in [-0.15, -0.1) is 0 Å². The molecule has 1 atom stereocenters. The van der Waals surface area contributed by atoms with Gasteiger partial charge in [-0.05, 0) is 25.5 Å². The fourth-order valence-corrected chi connectivity index (χ4v) is 2.40. The van der Waals surface area contributed by atoms with Crippen molar-refractivity contribution < 1.29 is 14.7 Å². The van der Waals surface area contributed by atoms with Gasteiger partial charge in [0, 0.05) is 11.1 Å². The fourth-order valence-electron chi connectivity index (χ4n) is 2.40. The van der Waals surface area contributed by atoms with Crippen LogP contribution in [0.4, 0.5) is 0 Å². The minimum absolute atomic E-state index is 0.370. The zero-order valence-electron chi connectivity index (χ0n) is 12.8. The van der Waals surface area contributed by atoms with E-state index in [2.05, 4.69) is 10.3 Å². The van der Waals surface area contributed by atoms with Gasteiger partial charge in [-0.25, -0.2) is 4.79 Å². The molecule has 0 saturated heterocycles. The predicted octanol–water partition coefficient (Wildman–Crippen LogP) is 2.92. The van der Waals surface area contributed by atoms with Gasteiger partial charge in [0.15, 0.2) is 0 Å². The summed E-state index contributed by atoms with van der Waals surface area (Å²) in [5.74, 6) is -1.37. The Morgan fingerprint density at radius 1 is 1.32 bits per heavy atom. The van der Waals surface area contributed by atoms with Crippen molar-refractivity contribution in [1.29, 1.82) is 0 Å². The van der Waals surface area contributed by atoms with E-state index in [1.165, 1.54) is 0 Å². The number of aromatic nitrogens is 1. The van der Waals surface area contributed by atoms with Crippen LogP contribution in [0.25, 0.3) is 10.9 Å². The zero-order valence-corrected chi connectivity index (χ0v) is 12.8. The number of hydrogen-bond donors (Lipinski definition) is 2. The van der Waals surface area contributed by atoms with Crippen molar-refractivity contribution in [3.63, 3.8) is 0 Å². The first-order valence-corrected chi connectivity index (χ1v) is 7.43. The highest BCUT2D eigenvalue weighted by atomic mass is 16.4. The maximum atomic E-state index is 12.5. The maximum absolute atomic E-state index is 12.5. The van der Waals surface area contributed by atoms with Crippen molar-refractivity contribution in [2.75, 3.05) is 0 Å². The molecule has 2 N–H and O–H groups in total. The minimum atomic E-state index is -1.00. The molecule has 0 saturated carbocycles. The molecule has 116 valence electrons. The lowest BCUT2D eigenvalue weighted by molar-refractivity contribution is -0.139. The first kappa shape index (κ1) is 15.9. The summed E-state index contributed by atoms with van der Waals surface area (Å²) in [5.41, 5.74) is 1.92. The summed E-state index contributed by atoms with van der Waals surface area (Å²) in [7, 11) is 0. The van der Waals surface area contributed by atoms with E-state index in [-0.39, 0.29) is 5.91 Å². The number of carboxylic acid groups (broad SMARTS) is 1. The van der Waals surface area contributed by atoms with Crippen LogP contribution < -0.4 is 5.32 Å². The predicted molar refractivity (Wildman–Crippen MR) is 84.9 cm³/mol. The molecule has 2 rings (SSSR count). The van der Waals surface area contributed by atoms with Crippen molar-refractivity contribution >= 4 is 22.8 Å². The molecule has 22 heavy (non-hydrogen) atoms. The van der Waals surface area contributed by atoms with Gasteiger partial charge in [-0.3, -0.25) is 9.78 Å². The maximum Gasteiger partial charge on any atom is 0.326 e. The number of amides is 1. The molecule has 0 bridgehead atoms. The first-order valence-electron chi connectivity index (χ1n) is 7.43. The number of carboxylic acids is 1. The second kappa shape index (κ2) is 7.02. The third-order valence-electron chi connectivity index (χ3n) is 3.54. The van der Waals surface area contributed by atoms with E-state index in [1.54, 1.807) is 6.07 Å². The average Bonchev–Trinajstić information content (AvgIpc) is 2.49. The smallest absolute Gasteiger partial charge is 0.326 e. The van der Waals surface area contributed by atoms with Gasteiger partial charge in [0.2, 0.25) is 0 Å². The minimum Gasteiger partial charge on any atom is -0.480 e. The molecule has 0 radical (unpaired) electrons. The topological polar surface area (TPSA) is 79.3 Å². The van der Waals surface area contributed by atoms with Crippen LogP contribution in [-0.4, -0.2) is 28.0 Å². The molecule has 5 nitrogen and oxygen atoms in total. The van der Waals surface area contributed by atoms with Crippen molar-refractivity contribution in [3.8, 4) is 0 Å². The highest BCUT2D eigenvalue weighted by Crippen LogP contribution is 2.18. The summed E-state index contributed by atoms with van der Waals surface area (Å²) < 4.78 is 0. The Balaban J connectivity index is 2.30. The number of carbonyl (C=O) groups is 2. The lowest BCUT2D eigenvalue weighted by Gasteiger charge is -2.15. The van der Waals surface area contributed by atoms with Gasteiger partial charge >= 0.3 is 5.97 Å². The van der Waals surface area contributed by atoms with Crippen LogP contribution >= 0.6 is 0 Å². The molecule has 1 amide bonds. The standard InChI is InChI=1S/C17H20N2O3/c1-3-4-8-15(17(21)22)19-16(20)13-10-11(2)18-14-9-6-5-7-12(13)14/h5-7,9-10,15H,3-4,8H2,1-2H3,(H,19,20)(H,21,22). The Kier molecular flexibility index (Phi) is 5.09. The zero-order chi connectivity index (χ0) is 16.1. The monoisotopic (exact) mass is 300 g/mol. The Bertz CT molecular complexity index is 697. The molecule has 0 fully saturated rings. The highest BCUT2D eigenvalue weighted by molar-refractivity contribution is 6.07. The fraction of sp³-hybridized carbons (Fsp3) is 0.353. The van der Waals surface area contributed by atoms with E-state index >= 15 is 0 Å². The van der Waals surface area contributed by atoms with Crippen LogP contribution in [0.2, 0.25) is 0 Å². The Hall–Kier alpha value is -2.43. The second-order valence-electron chi connectivity index (χ2n) is 5.33. The number of aryl methyl sites for hydroxylation is 1. The molecular formula is C17H20N2O3. The summed E-state index contributed by atoms with van der Waals surface area (Å²) >= 11 is 0. The molecule has 0 spiro atoms. The number of hydrogen-bond acceptors (Lipinski definition) is 3. The van der Waals surface area contributed by atoms with Crippen LogP contribution in [0.5, 0.6) is 0 Å². The number of unbranched alkanes of at least 4 members (excludes halogenated alkanes) is 1. The van der Waals surface area contributed by atoms with Crippen LogP contribution in [0.1, 0.15) is 42.2 Å². The van der Waals surface area contributed by atoms with Crippen molar-refractivity contribution in [1.82, 2.24) is 10.3 Å². The summed E-state index contributed by atoms with van der Waals surface area (Å²) in [6, 6.07) is 8.18. The van der Waals surface area contributed by atoms with Crippen LogP contribution in [0.15, 0.2) is 30.3 Å². The Morgan fingerprint density at radius 3 is 2.73 bits per heavy atom. The number of para-hydroxylation sites is 1. The van der Waals surface area contributed by atoms with Crippen molar-refractivity contribution in [2.24, 2.45) is 0 Å². The van der Waals surface area contributed by atoms with E-state index in [4.69, 9.17) is 0 Å². The molecule has 0 aliphatic heterocycles. The molecule has 2 aromatic rings. The van der Waals surface area contributed by atoms with E-state index in [0.717, 1.165) is 29.4 Å². The van der Waals surface area contributed by atoms with E-state index in [9.17, 15) is 14.7 Å². The van der Waals surface area contributed by atoms with Gasteiger partial charge in [0.25, 0.3) is 5.91 Å². The van der Waals surface area contributed by atoms with Gasteiger partial charge in [-0.1, -0.05) is 38.0 Å². The average molecular weight is 300 g/mol. The number of aliphatic carboxylic acids is 1. The SMILES string of the molecule is CCCCC(NC(=O)c1cc(C)nc2ccccc12)C(=O)O. The van der Waals surface area contributed by atoms with Crippen LogP contribution in [0.3, 0.4) is 0 Å². The summed E-state index contributed by atoms with van der Waals surface area (Å²) in [6.45, 7) is 3.80. The van der Waals surface area contributed by atoms with E-state index in [0.29, 0.717) is 12.0 Å². The number of fused-ring (bicyclic) bond motifs is 1. The molecule has 0 aliphatic rings. The van der Waals surface area contributed by atoms with Crippen LogP contribution in [-0.2, 0) is 4.79 Å². The highest BCUT2D eigenvalue weighted by Gasteiger charge is 2.21. The summed E-state index contributed by atoms with van der Waals surface area (Å²) in [5, 5.41) is 12.6. The van der Waals surface area contributed by atoms with Gasteiger partial charge in [-0.2, -0.15) is 0 Å². The lowest BCUT2D eigenvalue weighted by atomic mass is 10.1. The van der Waals surface area contributed by atoms with Crippen molar-refractivity contribution in [3.05, 3.63) is 41.6 Å². The lowest BCUT2D eigenvalue weighted by Crippen LogP contribution is -2.40. The number of pyridine rings is 1. The second-order valence-corrected chi connectivity index (χ2v) is 5.33. The van der Waals surface area contributed by atoms with Crippen molar-refractivity contribution in [2.45, 2.75) is 39.2 Å². The first-order chi connectivity index (χ1) is 10.5. The number of nitrogens with zero attached hydrogens (tertiary/aromatic N) is 1. The largest absolute Gasteiger partial charge is 0.480 e. The van der Waals surface area contributed by atoms with E-state index in [1.807, 2.05) is 38.1 Å². The number of nitrogens with one attached hydrogen (secondary N) is 1. The molecule has 5 heteroatoms. The Morgan fingerprint density at radius 2 is 2.05 bits per heavy atom. The quantitative estimate of drug-likeness (QED) is 0.859. The third-order valence-corrected chi connectivity index (χ3v) is 3.54. The number of rotatable bonds is 6. The van der Waals surface area contributed by atoms with Crippen LogP contribution in [0, 0.1) is 6.92 Å².